The highest BCUT2D eigenvalue weighted by Gasteiger charge is 2.39. The summed E-state index contributed by atoms with van der Waals surface area (Å²) in [5.74, 6) is 2.58. The highest BCUT2D eigenvalue weighted by molar-refractivity contribution is 5.74. The number of hydrogen-bond donors (Lipinski definition) is 1. The summed E-state index contributed by atoms with van der Waals surface area (Å²) in [7, 11) is 0. The smallest absolute Gasteiger partial charge is 0.0959 e. The van der Waals surface area contributed by atoms with Crippen LogP contribution in [0.3, 0.4) is 0 Å². The zero-order valence-electron chi connectivity index (χ0n) is 12.9. The lowest BCUT2D eigenvalue weighted by Crippen LogP contribution is -2.24. The Balaban J connectivity index is 1.27. The van der Waals surface area contributed by atoms with Crippen LogP contribution < -0.4 is 0 Å². The Kier molecular flexibility index (Phi) is 3.89. The van der Waals surface area contributed by atoms with Crippen molar-refractivity contribution in [3.8, 4) is 0 Å². The molecule has 4 heteroatoms. The van der Waals surface area contributed by atoms with E-state index in [9.17, 15) is 5.11 Å². The van der Waals surface area contributed by atoms with Gasteiger partial charge in [-0.05, 0) is 49.1 Å². The minimum atomic E-state index is -0.476. The molecule has 2 aromatic rings. The third-order valence-electron chi connectivity index (χ3n) is 5.46. The predicted molar refractivity (Wildman–Crippen MR) is 85.5 cm³/mol. The Hall–Kier alpha value is -1.39. The maximum atomic E-state index is 10.2. The average molecular weight is 300 g/mol. The van der Waals surface area contributed by atoms with Crippen LogP contribution in [0.15, 0.2) is 30.6 Å². The SMILES string of the molecule is O[C@@H](COC[C@H]1C[C@@H]2CC[C@@H]1C2)Cn1cnc2ccccc21. The molecule has 2 aliphatic carbocycles. The molecule has 4 atom stereocenters. The van der Waals surface area contributed by atoms with Gasteiger partial charge in [-0.3, -0.25) is 0 Å². The quantitative estimate of drug-likeness (QED) is 0.892. The lowest BCUT2D eigenvalue weighted by molar-refractivity contribution is 0.00622. The lowest BCUT2D eigenvalue weighted by Gasteiger charge is -2.22. The van der Waals surface area contributed by atoms with Crippen LogP contribution in [0.1, 0.15) is 25.7 Å². The fourth-order valence-corrected chi connectivity index (χ4v) is 4.37. The van der Waals surface area contributed by atoms with Crippen molar-refractivity contribution in [2.45, 2.75) is 38.3 Å². The Morgan fingerprint density at radius 1 is 1.27 bits per heavy atom. The van der Waals surface area contributed by atoms with Crippen molar-refractivity contribution in [2.75, 3.05) is 13.2 Å². The lowest BCUT2D eigenvalue weighted by atomic mass is 9.90. The third kappa shape index (κ3) is 2.77. The van der Waals surface area contributed by atoms with E-state index < -0.39 is 6.10 Å². The minimum absolute atomic E-state index is 0.417. The van der Waals surface area contributed by atoms with Gasteiger partial charge in [0.1, 0.15) is 0 Å². The van der Waals surface area contributed by atoms with Gasteiger partial charge in [-0.2, -0.15) is 0 Å². The van der Waals surface area contributed by atoms with E-state index in [1.807, 2.05) is 28.8 Å². The fraction of sp³-hybridized carbons (Fsp3) is 0.611. The first-order valence-electron chi connectivity index (χ1n) is 8.45. The fourth-order valence-electron chi connectivity index (χ4n) is 4.37. The van der Waals surface area contributed by atoms with Gasteiger partial charge in [0.25, 0.3) is 0 Å². The zero-order valence-corrected chi connectivity index (χ0v) is 12.9. The summed E-state index contributed by atoms with van der Waals surface area (Å²) in [6.45, 7) is 1.78. The Labute approximate surface area is 131 Å². The van der Waals surface area contributed by atoms with Crippen molar-refractivity contribution in [2.24, 2.45) is 17.8 Å². The van der Waals surface area contributed by atoms with E-state index >= 15 is 0 Å². The van der Waals surface area contributed by atoms with Gasteiger partial charge in [-0.15, -0.1) is 0 Å². The number of hydrogen-bond acceptors (Lipinski definition) is 3. The van der Waals surface area contributed by atoms with Gasteiger partial charge < -0.3 is 14.4 Å². The molecule has 4 nitrogen and oxygen atoms in total. The third-order valence-corrected chi connectivity index (χ3v) is 5.46. The minimum Gasteiger partial charge on any atom is -0.389 e. The van der Waals surface area contributed by atoms with Crippen molar-refractivity contribution in [3.63, 3.8) is 0 Å². The van der Waals surface area contributed by atoms with Gasteiger partial charge in [0, 0.05) is 6.61 Å². The normalized spacial score (nSPS) is 28.5. The molecule has 2 saturated carbocycles. The van der Waals surface area contributed by atoms with Crippen molar-refractivity contribution in [3.05, 3.63) is 30.6 Å². The molecule has 2 fully saturated rings. The van der Waals surface area contributed by atoms with Gasteiger partial charge in [0.05, 0.1) is 36.6 Å². The Bertz CT molecular complexity index is 639. The summed E-state index contributed by atoms with van der Waals surface area (Å²) < 4.78 is 7.81. The number of aliphatic hydroxyl groups excluding tert-OH is 1. The standard InChI is InChI=1S/C18H24N2O2/c21-16(9-20-12-19-17-3-1-2-4-18(17)20)11-22-10-15-8-13-5-6-14(15)7-13/h1-4,12-16,21H,5-11H2/t13-,14-,15-,16-/m1/s1. The van der Waals surface area contributed by atoms with E-state index in [0.717, 1.165) is 35.4 Å². The van der Waals surface area contributed by atoms with Gasteiger partial charge in [0.15, 0.2) is 0 Å². The van der Waals surface area contributed by atoms with Crippen LogP contribution in [-0.2, 0) is 11.3 Å². The van der Waals surface area contributed by atoms with Gasteiger partial charge in [-0.25, -0.2) is 4.98 Å². The van der Waals surface area contributed by atoms with Gasteiger partial charge in [0.2, 0.25) is 0 Å². The number of fused-ring (bicyclic) bond motifs is 3. The van der Waals surface area contributed by atoms with E-state index in [0.29, 0.717) is 13.2 Å². The summed E-state index contributed by atoms with van der Waals surface area (Å²) in [5, 5.41) is 10.2. The summed E-state index contributed by atoms with van der Waals surface area (Å²) in [5.41, 5.74) is 2.03. The highest BCUT2D eigenvalue weighted by Crippen LogP contribution is 2.48. The molecule has 1 heterocycles. The Morgan fingerprint density at radius 3 is 3.00 bits per heavy atom. The second-order valence-electron chi connectivity index (χ2n) is 7.01. The summed E-state index contributed by atoms with van der Waals surface area (Å²) in [4.78, 5) is 4.35. The van der Waals surface area contributed by atoms with Crippen LogP contribution in [0.5, 0.6) is 0 Å². The number of benzene rings is 1. The predicted octanol–water partition coefficient (Wildman–Crippen LogP) is 2.85. The topological polar surface area (TPSA) is 47.3 Å². The molecular formula is C18H24N2O2. The summed E-state index contributed by atoms with van der Waals surface area (Å²) in [6.07, 6.45) is 6.89. The molecule has 0 radical (unpaired) electrons. The van der Waals surface area contributed by atoms with E-state index in [4.69, 9.17) is 4.74 Å². The number of ether oxygens (including phenoxy) is 1. The zero-order chi connectivity index (χ0) is 14.9. The second-order valence-corrected chi connectivity index (χ2v) is 7.01. The molecule has 2 aliphatic rings. The number of rotatable bonds is 6. The molecule has 0 amide bonds. The molecule has 0 saturated heterocycles. The van der Waals surface area contributed by atoms with Gasteiger partial charge in [-0.1, -0.05) is 18.6 Å². The molecule has 22 heavy (non-hydrogen) atoms. The van der Waals surface area contributed by atoms with Gasteiger partial charge >= 0.3 is 0 Å². The van der Waals surface area contributed by atoms with Crippen LogP contribution in [0.2, 0.25) is 0 Å². The highest BCUT2D eigenvalue weighted by atomic mass is 16.5. The van der Waals surface area contributed by atoms with Crippen LogP contribution in [0.25, 0.3) is 11.0 Å². The first-order chi connectivity index (χ1) is 10.8. The molecule has 4 rings (SSSR count). The van der Waals surface area contributed by atoms with Crippen LogP contribution in [0, 0.1) is 17.8 Å². The van der Waals surface area contributed by atoms with Crippen LogP contribution >= 0.6 is 0 Å². The molecule has 0 aliphatic heterocycles. The van der Waals surface area contributed by atoms with E-state index in [1.165, 1.54) is 25.7 Å². The van der Waals surface area contributed by atoms with Crippen molar-refractivity contribution >= 4 is 11.0 Å². The molecule has 2 bridgehead atoms. The maximum absolute atomic E-state index is 10.2. The molecule has 1 N–H and O–H groups in total. The van der Waals surface area contributed by atoms with Crippen molar-refractivity contribution < 1.29 is 9.84 Å². The summed E-state index contributed by atoms with van der Waals surface area (Å²) >= 11 is 0. The maximum Gasteiger partial charge on any atom is 0.0959 e. The molecular weight excluding hydrogens is 276 g/mol. The number of aliphatic hydroxyl groups is 1. The molecule has 118 valence electrons. The molecule has 1 aromatic heterocycles. The summed E-state index contributed by atoms with van der Waals surface area (Å²) in [6, 6.07) is 8.00. The second kappa shape index (κ2) is 6.01. The van der Waals surface area contributed by atoms with Crippen LogP contribution in [0.4, 0.5) is 0 Å². The monoisotopic (exact) mass is 300 g/mol. The number of nitrogens with zero attached hydrogens (tertiary/aromatic N) is 2. The first kappa shape index (κ1) is 14.2. The largest absolute Gasteiger partial charge is 0.389 e. The number of para-hydroxylation sites is 2. The average Bonchev–Trinajstić information content (AvgIpc) is 3.23. The number of imidazole rings is 1. The Morgan fingerprint density at radius 2 is 2.18 bits per heavy atom. The number of aromatic nitrogens is 2. The molecule has 1 aromatic carbocycles. The van der Waals surface area contributed by atoms with Crippen molar-refractivity contribution in [1.29, 1.82) is 0 Å². The van der Waals surface area contributed by atoms with E-state index in [1.54, 1.807) is 6.33 Å². The van der Waals surface area contributed by atoms with E-state index in [-0.39, 0.29) is 0 Å². The molecule has 0 spiro atoms. The van der Waals surface area contributed by atoms with Crippen molar-refractivity contribution in [1.82, 2.24) is 9.55 Å². The van der Waals surface area contributed by atoms with Crippen LogP contribution in [-0.4, -0.2) is 34.0 Å². The van der Waals surface area contributed by atoms with E-state index in [2.05, 4.69) is 4.98 Å². The molecule has 0 unspecified atom stereocenters. The first-order valence-corrected chi connectivity index (χ1v) is 8.45.